The number of hydrogen-bond acceptors (Lipinski definition) is 4. The van der Waals surface area contributed by atoms with E-state index in [9.17, 15) is 9.59 Å². The van der Waals surface area contributed by atoms with Crippen LogP contribution in [0.15, 0.2) is 59.1 Å². The molecule has 3 aromatic rings. The van der Waals surface area contributed by atoms with Crippen LogP contribution in [0.4, 0.5) is 10.6 Å². The lowest BCUT2D eigenvalue weighted by molar-refractivity contribution is 0.0967. The first-order valence-corrected chi connectivity index (χ1v) is 9.06. The highest BCUT2D eigenvalue weighted by atomic mass is 35.5. The molecule has 144 valence electrons. The van der Waals surface area contributed by atoms with Crippen LogP contribution in [0.1, 0.15) is 36.7 Å². The van der Waals surface area contributed by atoms with Crippen molar-refractivity contribution in [2.45, 2.75) is 26.2 Å². The van der Waals surface area contributed by atoms with Crippen LogP contribution in [-0.2, 0) is 5.41 Å². The summed E-state index contributed by atoms with van der Waals surface area (Å²) in [5.74, 6) is 0.0946. The lowest BCUT2D eigenvalue weighted by Crippen LogP contribution is -2.34. The molecule has 0 bridgehead atoms. The molecule has 3 rings (SSSR count). The minimum atomic E-state index is -0.729. The number of imide groups is 1. The summed E-state index contributed by atoms with van der Waals surface area (Å²) < 4.78 is 5.29. The van der Waals surface area contributed by atoms with Gasteiger partial charge in [-0.1, -0.05) is 73.9 Å². The number of hydrogen-bond donors (Lipinski definition) is 2. The fourth-order valence-corrected chi connectivity index (χ4v) is 2.79. The first-order chi connectivity index (χ1) is 13.2. The molecule has 6 nitrogen and oxygen atoms in total. The first kappa shape index (κ1) is 19.6. The van der Waals surface area contributed by atoms with Crippen LogP contribution in [0.5, 0.6) is 0 Å². The van der Waals surface area contributed by atoms with Crippen LogP contribution >= 0.6 is 11.6 Å². The Balaban J connectivity index is 1.65. The van der Waals surface area contributed by atoms with Gasteiger partial charge in [0.15, 0.2) is 11.6 Å². The van der Waals surface area contributed by atoms with Gasteiger partial charge in [0.1, 0.15) is 0 Å². The van der Waals surface area contributed by atoms with Gasteiger partial charge in [-0.3, -0.25) is 15.4 Å². The fourth-order valence-electron chi connectivity index (χ4n) is 2.57. The maximum Gasteiger partial charge on any atom is 0.327 e. The maximum absolute atomic E-state index is 12.1. The maximum atomic E-state index is 12.1. The van der Waals surface area contributed by atoms with Crippen LogP contribution in [-0.4, -0.2) is 17.1 Å². The van der Waals surface area contributed by atoms with E-state index in [1.807, 2.05) is 24.3 Å². The molecule has 3 amide bonds. The van der Waals surface area contributed by atoms with Crippen LogP contribution < -0.4 is 10.6 Å². The average Bonchev–Trinajstić information content (AvgIpc) is 3.09. The number of rotatable bonds is 3. The second-order valence-corrected chi connectivity index (χ2v) is 7.70. The zero-order valence-corrected chi connectivity index (χ0v) is 16.5. The van der Waals surface area contributed by atoms with Gasteiger partial charge in [-0.2, -0.15) is 0 Å². The third kappa shape index (κ3) is 4.58. The van der Waals surface area contributed by atoms with Crippen molar-refractivity contribution in [3.63, 3.8) is 0 Å². The van der Waals surface area contributed by atoms with Gasteiger partial charge in [0.2, 0.25) is 0 Å². The molecule has 7 heteroatoms. The van der Waals surface area contributed by atoms with Gasteiger partial charge in [-0.05, 0) is 23.1 Å². The van der Waals surface area contributed by atoms with E-state index in [0.717, 1.165) is 5.56 Å². The highest BCUT2D eigenvalue weighted by Crippen LogP contribution is 2.27. The van der Waals surface area contributed by atoms with Crippen molar-refractivity contribution >= 4 is 29.4 Å². The molecule has 0 aliphatic carbocycles. The molecule has 0 spiro atoms. The van der Waals surface area contributed by atoms with Crippen molar-refractivity contribution in [2.75, 3.05) is 5.32 Å². The molecule has 0 saturated carbocycles. The molecule has 1 heterocycles. The Kier molecular flexibility index (Phi) is 5.51. The van der Waals surface area contributed by atoms with E-state index in [1.165, 1.54) is 11.6 Å². The lowest BCUT2D eigenvalue weighted by Gasteiger charge is -2.18. The summed E-state index contributed by atoms with van der Waals surface area (Å²) in [4.78, 5) is 24.1. The van der Waals surface area contributed by atoms with E-state index in [-0.39, 0.29) is 21.8 Å². The predicted molar refractivity (Wildman–Crippen MR) is 109 cm³/mol. The van der Waals surface area contributed by atoms with Gasteiger partial charge < -0.3 is 4.52 Å². The minimum Gasteiger partial charge on any atom is -0.354 e. The predicted octanol–water partition coefficient (Wildman–Crippen LogP) is 5.25. The van der Waals surface area contributed by atoms with Crippen molar-refractivity contribution < 1.29 is 14.1 Å². The lowest BCUT2D eigenvalue weighted by atomic mass is 9.86. The highest BCUT2D eigenvalue weighted by Gasteiger charge is 2.16. The first-order valence-electron chi connectivity index (χ1n) is 8.68. The van der Waals surface area contributed by atoms with Crippen molar-refractivity contribution in [3.8, 4) is 11.3 Å². The molecule has 1 aromatic heterocycles. The quantitative estimate of drug-likeness (QED) is 0.631. The Morgan fingerprint density at radius 1 is 1.04 bits per heavy atom. The van der Waals surface area contributed by atoms with E-state index < -0.39 is 11.9 Å². The zero-order chi connectivity index (χ0) is 20.3. The van der Waals surface area contributed by atoms with Crippen LogP contribution in [0.25, 0.3) is 11.3 Å². The van der Waals surface area contributed by atoms with Crippen LogP contribution in [0.3, 0.4) is 0 Å². The van der Waals surface area contributed by atoms with Crippen molar-refractivity contribution in [2.24, 2.45) is 0 Å². The normalized spacial score (nSPS) is 11.1. The molecule has 0 aliphatic heterocycles. The minimum absolute atomic E-state index is 0.0545. The molecule has 0 radical (unpaired) electrons. The smallest absolute Gasteiger partial charge is 0.327 e. The number of nitrogens with one attached hydrogen (secondary N) is 2. The number of halogens is 1. The van der Waals surface area contributed by atoms with E-state index in [1.54, 1.807) is 24.3 Å². The Bertz CT molecular complexity index is 1000. The van der Waals surface area contributed by atoms with Gasteiger partial charge in [-0.15, -0.1) is 0 Å². The zero-order valence-electron chi connectivity index (χ0n) is 15.7. The summed E-state index contributed by atoms with van der Waals surface area (Å²) >= 11 is 5.95. The number of aromatic nitrogens is 1. The summed E-state index contributed by atoms with van der Waals surface area (Å²) in [6.45, 7) is 6.42. The summed E-state index contributed by atoms with van der Waals surface area (Å²) in [7, 11) is 0. The van der Waals surface area contributed by atoms with Crippen LogP contribution in [0.2, 0.25) is 5.02 Å². The number of amides is 3. The molecule has 28 heavy (non-hydrogen) atoms. The molecule has 0 unspecified atom stereocenters. The Hall–Kier alpha value is -3.12. The molecule has 0 aliphatic rings. The van der Waals surface area contributed by atoms with Crippen molar-refractivity contribution in [1.29, 1.82) is 0 Å². The molecule has 0 atom stereocenters. The number of carbonyl (C=O) groups is 2. The van der Waals surface area contributed by atoms with Gasteiger partial charge in [0.25, 0.3) is 5.91 Å². The van der Waals surface area contributed by atoms with Gasteiger partial charge >= 0.3 is 6.03 Å². The van der Waals surface area contributed by atoms with E-state index in [4.69, 9.17) is 16.1 Å². The summed E-state index contributed by atoms with van der Waals surface area (Å²) in [5.41, 5.74) is 2.30. The number of benzene rings is 2. The van der Waals surface area contributed by atoms with Gasteiger partial charge in [-0.25, -0.2) is 4.79 Å². The Morgan fingerprint density at radius 2 is 1.71 bits per heavy atom. The number of urea groups is 1. The summed E-state index contributed by atoms with van der Waals surface area (Å²) in [6, 6.07) is 15.2. The van der Waals surface area contributed by atoms with Gasteiger partial charge in [0.05, 0.1) is 10.6 Å². The second-order valence-electron chi connectivity index (χ2n) is 7.29. The molecular formula is C21H20ClN3O3. The Labute approximate surface area is 167 Å². The highest BCUT2D eigenvalue weighted by molar-refractivity contribution is 6.34. The second kappa shape index (κ2) is 7.86. The van der Waals surface area contributed by atoms with E-state index in [0.29, 0.717) is 5.76 Å². The molecule has 0 saturated heterocycles. The topological polar surface area (TPSA) is 84.2 Å². The monoisotopic (exact) mass is 397 g/mol. The average molecular weight is 398 g/mol. The van der Waals surface area contributed by atoms with Crippen LogP contribution in [0, 0.1) is 0 Å². The standard InChI is InChI=1S/C21H20ClN3O3/c1-21(2,3)14-10-8-13(9-11-14)17-12-18(25-28-17)23-20(27)24-19(26)15-6-4-5-7-16(15)22/h4-12H,1-3H3,(H2,23,24,25,26,27). The summed E-state index contributed by atoms with van der Waals surface area (Å²) in [5, 5.41) is 8.75. The van der Waals surface area contributed by atoms with Gasteiger partial charge in [0, 0.05) is 11.6 Å². The number of carbonyl (C=O) groups excluding carboxylic acids is 2. The largest absolute Gasteiger partial charge is 0.354 e. The van der Waals surface area contributed by atoms with E-state index in [2.05, 4.69) is 36.6 Å². The molecule has 0 fully saturated rings. The van der Waals surface area contributed by atoms with Crippen molar-refractivity contribution in [1.82, 2.24) is 10.5 Å². The third-order valence-corrected chi connectivity index (χ3v) is 4.46. The van der Waals surface area contributed by atoms with Crippen molar-refractivity contribution in [3.05, 3.63) is 70.7 Å². The number of nitrogens with zero attached hydrogens (tertiary/aromatic N) is 1. The molecule has 2 aromatic carbocycles. The fraction of sp³-hybridized carbons (Fsp3) is 0.190. The Morgan fingerprint density at radius 3 is 2.36 bits per heavy atom. The summed E-state index contributed by atoms with van der Waals surface area (Å²) in [6.07, 6.45) is 0. The number of anilines is 1. The molecule has 2 N–H and O–H groups in total. The molecular weight excluding hydrogens is 378 g/mol. The SMILES string of the molecule is CC(C)(C)c1ccc(-c2cc(NC(=O)NC(=O)c3ccccc3Cl)no2)cc1. The van der Waals surface area contributed by atoms with E-state index >= 15 is 0 Å². The third-order valence-electron chi connectivity index (χ3n) is 4.13.